The fourth-order valence-electron chi connectivity index (χ4n) is 2.77. The number of nitrogens with one attached hydrogen (secondary N) is 1. The minimum absolute atomic E-state index is 0.279. The molecule has 0 bridgehead atoms. The molecule has 0 fully saturated rings. The van der Waals surface area contributed by atoms with Gasteiger partial charge in [0.05, 0.1) is 11.9 Å². The summed E-state index contributed by atoms with van der Waals surface area (Å²) in [6, 6.07) is 2.50. The van der Waals surface area contributed by atoms with Gasteiger partial charge in [-0.1, -0.05) is 0 Å². The van der Waals surface area contributed by atoms with E-state index in [-0.39, 0.29) is 5.56 Å². The Bertz CT molecular complexity index is 632. The third-order valence-electron chi connectivity index (χ3n) is 3.86. The van der Waals surface area contributed by atoms with Crippen LogP contribution in [0.5, 0.6) is 0 Å². The maximum atomic E-state index is 11.2. The van der Waals surface area contributed by atoms with Crippen molar-refractivity contribution in [2.24, 2.45) is 7.05 Å². The van der Waals surface area contributed by atoms with E-state index in [2.05, 4.69) is 21.9 Å². The van der Waals surface area contributed by atoms with Gasteiger partial charge >= 0.3 is 5.97 Å². The number of aromatic nitrogens is 2. The van der Waals surface area contributed by atoms with Crippen LogP contribution in [0.15, 0.2) is 17.6 Å². The predicted molar refractivity (Wildman–Crippen MR) is 77.0 cm³/mol. The number of fused-ring (bicyclic) bond motifs is 1. The highest BCUT2D eigenvalue weighted by Gasteiger charge is 2.22. The average molecular weight is 291 g/mol. The molecule has 0 aliphatic heterocycles. The standard InChI is InChI=1S/C14H17N3O2S/c1-17-12(10(7-16-17)14(18)19)8-15-11-3-2-4-13-9(11)5-6-20-13/h5-7,11,15H,2-4,8H2,1H3,(H,18,19). The Morgan fingerprint density at radius 2 is 2.50 bits per heavy atom. The molecule has 1 unspecified atom stereocenters. The average Bonchev–Trinajstić information content (AvgIpc) is 3.03. The van der Waals surface area contributed by atoms with Crippen molar-refractivity contribution < 1.29 is 9.90 Å². The summed E-state index contributed by atoms with van der Waals surface area (Å²) in [6.07, 6.45) is 4.86. The van der Waals surface area contributed by atoms with E-state index in [4.69, 9.17) is 5.11 Å². The first kappa shape index (κ1) is 13.3. The summed E-state index contributed by atoms with van der Waals surface area (Å²) in [7, 11) is 1.78. The number of aryl methyl sites for hydroxylation is 2. The van der Waals surface area contributed by atoms with Gasteiger partial charge in [0, 0.05) is 24.5 Å². The number of carboxylic acids is 1. The molecule has 20 heavy (non-hydrogen) atoms. The van der Waals surface area contributed by atoms with Crippen molar-refractivity contribution >= 4 is 17.3 Å². The lowest BCUT2D eigenvalue weighted by atomic mass is 9.94. The molecule has 1 atom stereocenters. The summed E-state index contributed by atoms with van der Waals surface area (Å²) in [6.45, 7) is 0.526. The molecule has 2 heterocycles. The predicted octanol–water partition coefficient (Wildman–Crippen LogP) is 2.35. The van der Waals surface area contributed by atoms with Gasteiger partial charge in [0.25, 0.3) is 0 Å². The van der Waals surface area contributed by atoms with Crippen molar-refractivity contribution in [1.82, 2.24) is 15.1 Å². The number of hydrogen-bond donors (Lipinski definition) is 2. The molecule has 6 heteroatoms. The Labute approximate surface area is 121 Å². The molecule has 0 radical (unpaired) electrons. The second kappa shape index (κ2) is 5.38. The number of nitrogens with zero attached hydrogens (tertiary/aromatic N) is 2. The Morgan fingerprint density at radius 3 is 3.30 bits per heavy atom. The highest BCUT2D eigenvalue weighted by atomic mass is 32.1. The molecule has 3 rings (SSSR count). The molecule has 2 aromatic rings. The number of carbonyl (C=O) groups is 1. The fourth-order valence-corrected chi connectivity index (χ4v) is 3.76. The monoisotopic (exact) mass is 291 g/mol. The Morgan fingerprint density at radius 1 is 1.65 bits per heavy atom. The van der Waals surface area contributed by atoms with Crippen LogP contribution in [0.3, 0.4) is 0 Å². The number of thiophene rings is 1. The molecule has 0 saturated carbocycles. The Kier molecular flexibility index (Phi) is 3.58. The van der Waals surface area contributed by atoms with Crippen LogP contribution in [0.2, 0.25) is 0 Å². The fraction of sp³-hybridized carbons (Fsp3) is 0.429. The van der Waals surface area contributed by atoms with Crippen molar-refractivity contribution in [1.29, 1.82) is 0 Å². The third kappa shape index (κ3) is 2.36. The zero-order valence-corrected chi connectivity index (χ0v) is 12.1. The first-order valence-corrected chi connectivity index (χ1v) is 7.58. The molecule has 0 aromatic carbocycles. The molecule has 0 amide bonds. The number of aromatic carboxylic acids is 1. The molecule has 2 N–H and O–H groups in total. The van der Waals surface area contributed by atoms with E-state index in [1.807, 2.05) is 11.3 Å². The van der Waals surface area contributed by atoms with Crippen LogP contribution < -0.4 is 5.32 Å². The second-order valence-corrected chi connectivity index (χ2v) is 6.06. The second-order valence-electron chi connectivity index (χ2n) is 5.06. The van der Waals surface area contributed by atoms with E-state index in [1.165, 1.54) is 23.1 Å². The summed E-state index contributed by atoms with van der Waals surface area (Å²) in [5, 5.41) is 18.8. The van der Waals surface area contributed by atoms with Crippen LogP contribution in [0, 0.1) is 0 Å². The van der Waals surface area contributed by atoms with Crippen molar-refractivity contribution in [2.75, 3.05) is 0 Å². The summed E-state index contributed by atoms with van der Waals surface area (Å²) in [4.78, 5) is 12.6. The lowest BCUT2D eigenvalue weighted by Gasteiger charge is -2.24. The van der Waals surface area contributed by atoms with E-state index >= 15 is 0 Å². The van der Waals surface area contributed by atoms with Crippen LogP contribution >= 0.6 is 11.3 Å². The van der Waals surface area contributed by atoms with E-state index < -0.39 is 5.97 Å². The number of rotatable bonds is 4. The zero-order valence-electron chi connectivity index (χ0n) is 11.3. The quantitative estimate of drug-likeness (QED) is 0.907. The van der Waals surface area contributed by atoms with Crippen LogP contribution in [-0.4, -0.2) is 20.9 Å². The summed E-state index contributed by atoms with van der Waals surface area (Å²) < 4.78 is 1.63. The normalized spacial score (nSPS) is 17.9. The highest BCUT2D eigenvalue weighted by molar-refractivity contribution is 7.10. The van der Waals surface area contributed by atoms with E-state index in [1.54, 1.807) is 11.7 Å². The Balaban J connectivity index is 1.75. The molecule has 106 valence electrons. The van der Waals surface area contributed by atoms with Crippen molar-refractivity contribution in [3.05, 3.63) is 39.3 Å². The molecule has 0 spiro atoms. The van der Waals surface area contributed by atoms with Crippen molar-refractivity contribution in [2.45, 2.75) is 31.8 Å². The lowest BCUT2D eigenvalue weighted by molar-refractivity contribution is 0.0695. The van der Waals surface area contributed by atoms with Gasteiger partial charge in [-0.15, -0.1) is 11.3 Å². The number of hydrogen-bond acceptors (Lipinski definition) is 4. The maximum absolute atomic E-state index is 11.2. The third-order valence-corrected chi connectivity index (χ3v) is 4.86. The minimum Gasteiger partial charge on any atom is -0.478 e. The van der Waals surface area contributed by atoms with E-state index in [0.29, 0.717) is 12.6 Å². The van der Waals surface area contributed by atoms with Gasteiger partial charge in [0.2, 0.25) is 0 Å². The zero-order chi connectivity index (χ0) is 14.1. The van der Waals surface area contributed by atoms with E-state index in [0.717, 1.165) is 18.5 Å². The maximum Gasteiger partial charge on any atom is 0.339 e. The molecule has 0 saturated heterocycles. The minimum atomic E-state index is -0.922. The first-order valence-electron chi connectivity index (χ1n) is 6.70. The molecular weight excluding hydrogens is 274 g/mol. The van der Waals surface area contributed by atoms with Crippen LogP contribution in [0.4, 0.5) is 0 Å². The van der Waals surface area contributed by atoms with Gasteiger partial charge in [0.1, 0.15) is 5.56 Å². The smallest absolute Gasteiger partial charge is 0.339 e. The first-order chi connectivity index (χ1) is 9.66. The van der Waals surface area contributed by atoms with Crippen molar-refractivity contribution in [3.63, 3.8) is 0 Å². The topological polar surface area (TPSA) is 67.2 Å². The van der Waals surface area contributed by atoms with Gasteiger partial charge in [-0.3, -0.25) is 4.68 Å². The summed E-state index contributed by atoms with van der Waals surface area (Å²) in [5.41, 5.74) is 2.38. The van der Waals surface area contributed by atoms with Gasteiger partial charge in [-0.25, -0.2) is 4.79 Å². The van der Waals surface area contributed by atoms with Gasteiger partial charge in [0.15, 0.2) is 0 Å². The largest absolute Gasteiger partial charge is 0.478 e. The van der Waals surface area contributed by atoms with Crippen LogP contribution in [0.1, 0.15) is 45.4 Å². The van der Waals surface area contributed by atoms with Crippen molar-refractivity contribution in [3.8, 4) is 0 Å². The highest BCUT2D eigenvalue weighted by Crippen LogP contribution is 2.33. The molecule has 2 aromatic heterocycles. The lowest BCUT2D eigenvalue weighted by Crippen LogP contribution is -2.25. The molecule has 1 aliphatic carbocycles. The summed E-state index contributed by atoms with van der Waals surface area (Å²) >= 11 is 1.81. The molecule has 1 aliphatic rings. The number of carboxylic acid groups (broad SMARTS) is 1. The van der Waals surface area contributed by atoms with Gasteiger partial charge < -0.3 is 10.4 Å². The van der Waals surface area contributed by atoms with Gasteiger partial charge in [-0.2, -0.15) is 5.10 Å². The molecular formula is C14H17N3O2S. The van der Waals surface area contributed by atoms with Gasteiger partial charge in [-0.05, 0) is 36.3 Å². The molecule has 5 nitrogen and oxygen atoms in total. The SMILES string of the molecule is Cn1ncc(C(=O)O)c1CNC1CCCc2sccc21. The van der Waals surface area contributed by atoms with E-state index in [9.17, 15) is 4.79 Å². The summed E-state index contributed by atoms with van der Waals surface area (Å²) in [5.74, 6) is -0.922. The Hall–Kier alpha value is -1.66. The van der Waals surface area contributed by atoms with Crippen LogP contribution in [-0.2, 0) is 20.0 Å². The van der Waals surface area contributed by atoms with Crippen LogP contribution in [0.25, 0.3) is 0 Å².